The van der Waals surface area contributed by atoms with Gasteiger partial charge in [0, 0.05) is 6.20 Å². The van der Waals surface area contributed by atoms with Gasteiger partial charge >= 0.3 is 0 Å². The number of pyridine rings is 1. The van der Waals surface area contributed by atoms with Crippen LogP contribution in [0.5, 0.6) is 5.88 Å². The molecular weight excluding hydrogens is 256 g/mol. The van der Waals surface area contributed by atoms with Gasteiger partial charge in [0.15, 0.2) is 0 Å². The summed E-state index contributed by atoms with van der Waals surface area (Å²) >= 11 is 0. The van der Waals surface area contributed by atoms with Crippen LogP contribution in [0.25, 0.3) is 0 Å². The lowest BCUT2D eigenvalue weighted by molar-refractivity contribution is 0.0230. The average Bonchev–Trinajstić information content (AvgIpc) is 2.49. The van der Waals surface area contributed by atoms with Gasteiger partial charge in [0.1, 0.15) is 5.56 Å². The highest BCUT2D eigenvalue weighted by Crippen LogP contribution is 2.14. The molecule has 0 fully saturated rings. The van der Waals surface area contributed by atoms with Gasteiger partial charge in [0.25, 0.3) is 5.91 Å². The van der Waals surface area contributed by atoms with Crippen LogP contribution in [-0.2, 0) is 11.4 Å². The largest absolute Gasteiger partial charge is 0.477 e. The molecule has 1 aromatic heterocycles. The number of rotatable bonds is 6. The number of carbonyl (C=O) groups excluding carboxylic acids is 1. The SMILES string of the molecule is CCOc1ncccc1C(=O)NOCc1ccccc1. The number of aromatic nitrogens is 1. The summed E-state index contributed by atoms with van der Waals surface area (Å²) in [5, 5.41) is 0. The van der Waals surface area contributed by atoms with Gasteiger partial charge in [-0.25, -0.2) is 10.5 Å². The maximum Gasteiger partial charge on any atom is 0.280 e. The molecule has 1 amide bonds. The number of ether oxygens (including phenoxy) is 1. The minimum absolute atomic E-state index is 0.302. The van der Waals surface area contributed by atoms with Gasteiger partial charge in [-0.3, -0.25) is 9.63 Å². The summed E-state index contributed by atoms with van der Waals surface area (Å²) in [5.41, 5.74) is 3.71. The van der Waals surface area contributed by atoms with E-state index in [1.165, 1.54) is 0 Å². The van der Waals surface area contributed by atoms with E-state index in [9.17, 15) is 4.79 Å². The van der Waals surface area contributed by atoms with Crippen molar-refractivity contribution in [2.45, 2.75) is 13.5 Å². The lowest BCUT2D eigenvalue weighted by Crippen LogP contribution is -2.24. The molecule has 0 aliphatic carbocycles. The zero-order valence-corrected chi connectivity index (χ0v) is 11.2. The van der Waals surface area contributed by atoms with E-state index >= 15 is 0 Å². The van der Waals surface area contributed by atoms with E-state index in [2.05, 4.69) is 10.5 Å². The fraction of sp³-hybridized carbons (Fsp3) is 0.200. The van der Waals surface area contributed by atoms with Crippen molar-refractivity contribution < 1.29 is 14.4 Å². The molecule has 0 aliphatic rings. The molecule has 0 bridgehead atoms. The van der Waals surface area contributed by atoms with Crippen LogP contribution < -0.4 is 10.2 Å². The molecule has 2 aromatic rings. The van der Waals surface area contributed by atoms with Crippen LogP contribution in [0.1, 0.15) is 22.8 Å². The van der Waals surface area contributed by atoms with Crippen molar-refractivity contribution in [3.8, 4) is 5.88 Å². The number of carbonyl (C=O) groups is 1. The molecule has 0 spiro atoms. The van der Waals surface area contributed by atoms with Crippen LogP contribution in [-0.4, -0.2) is 17.5 Å². The Labute approximate surface area is 117 Å². The highest BCUT2D eigenvalue weighted by Gasteiger charge is 2.13. The molecule has 1 N–H and O–H groups in total. The van der Waals surface area contributed by atoms with Crippen LogP contribution in [0.2, 0.25) is 0 Å². The summed E-state index contributed by atoms with van der Waals surface area (Å²) in [6.45, 7) is 2.58. The predicted molar refractivity (Wildman–Crippen MR) is 74.1 cm³/mol. The fourth-order valence-corrected chi connectivity index (χ4v) is 1.63. The van der Waals surface area contributed by atoms with Crippen LogP contribution >= 0.6 is 0 Å². The zero-order valence-electron chi connectivity index (χ0n) is 11.2. The van der Waals surface area contributed by atoms with Crippen LogP contribution in [0, 0.1) is 0 Å². The van der Waals surface area contributed by atoms with Gasteiger partial charge in [0.05, 0.1) is 13.2 Å². The lowest BCUT2D eigenvalue weighted by Gasteiger charge is -2.09. The van der Waals surface area contributed by atoms with Crippen molar-refractivity contribution >= 4 is 5.91 Å². The van der Waals surface area contributed by atoms with Crippen molar-refractivity contribution in [3.05, 3.63) is 59.8 Å². The standard InChI is InChI=1S/C15H16N2O3/c1-2-19-15-13(9-6-10-16-15)14(18)17-20-11-12-7-4-3-5-8-12/h3-10H,2,11H2,1H3,(H,17,18). The number of nitrogens with one attached hydrogen (secondary N) is 1. The Balaban J connectivity index is 1.92. The zero-order chi connectivity index (χ0) is 14.2. The molecule has 5 heteroatoms. The van der Waals surface area contributed by atoms with E-state index in [0.29, 0.717) is 24.7 Å². The number of nitrogens with zero attached hydrogens (tertiary/aromatic N) is 1. The van der Waals surface area contributed by atoms with Gasteiger partial charge in [-0.2, -0.15) is 0 Å². The average molecular weight is 272 g/mol. The van der Waals surface area contributed by atoms with Crippen molar-refractivity contribution in [3.63, 3.8) is 0 Å². The van der Waals surface area contributed by atoms with Crippen LogP contribution in [0.4, 0.5) is 0 Å². The van der Waals surface area contributed by atoms with Crippen molar-refractivity contribution in [1.82, 2.24) is 10.5 Å². The molecule has 20 heavy (non-hydrogen) atoms. The first kappa shape index (κ1) is 14.0. The Morgan fingerprint density at radius 3 is 2.75 bits per heavy atom. The van der Waals surface area contributed by atoms with Crippen molar-refractivity contribution in [1.29, 1.82) is 0 Å². The maximum atomic E-state index is 12.0. The number of amides is 1. The molecule has 0 aliphatic heterocycles. The van der Waals surface area contributed by atoms with Crippen LogP contribution in [0.3, 0.4) is 0 Å². The van der Waals surface area contributed by atoms with Crippen LogP contribution in [0.15, 0.2) is 48.7 Å². The lowest BCUT2D eigenvalue weighted by atomic mass is 10.2. The van der Waals surface area contributed by atoms with Crippen molar-refractivity contribution in [2.24, 2.45) is 0 Å². The summed E-state index contributed by atoms with van der Waals surface area (Å²) in [7, 11) is 0. The molecule has 2 rings (SSSR count). The van der Waals surface area contributed by atoms with Gasteiger partial charge in [-0.1, -0.05) is 30.3 Å². The second-order valence-electron chi connectivity index (χ2n) is 3.99. The minimum Gasteiger partial charge on any atom is -0.477 e. The number of hydrogen-bond donors (Lipinski definition) is 1. The molecule has 1 heterocycles. The number of hydrogen-bond acceptors (Lipinski definition) is 4. The Bertz CT molecular complexity index is 558. The smallest absolute Gasteiger partial charge is 0.280 e. The van der Waals surface area contributed by atoms with E-state index in [1.54, 1.807) is 18.3 Å². The van der Waals surface area contributed by atoms with E-state index in [0.717, 1.165) is 5.56 Å². The van der Waals surface area contributed by atoms with E-state index in [-0.39, 0.29) is 5.91 Å². The first-order chi connectivity index (χ1) is 9.81. The Morgan fingerprint density at radius 2 is 2.00 bits per heavy atom. The normalized spacial score (nSPS) is 10.1. The Kier molecular flexibility index (Phi) is 5.08. The summed E-state index contributed by atoms with van der Waals surface area (Å²) in [6, 6.07) is 12.9. The van der Waals surface area contributed by atoms with E-state index < -0.39 is 0 Å². The van der Waals surface area contributed by atoms with E-state index in [1.807, 2.05) is 37.3 Å². The summed E-state index contributed by atoms with van der Waals surface area (Å²) < 4.78 is 5.30. The summed E-state index contributed by atoms with van der Waals surface area (Å²) in [5.74, 6) is -0.0757. The number of benzene rings is 1. The third-order valence-electron chi connectivity index (χ3n) is 2.54. The molecule has 0 unspecified atom stereocenters. The maximum absolute atomic E-state index is 12.0. The predicted octanol–water partition coefficient (Wildman–Crippen LogP) is 2.34. The second kappa shape index (κ2) is 7.25. The first-order valence-electron chi connectivity index (χ1n) is 6.35. The second-order valence-corrected chi connectivity index (χ2v) is 3.99. The van der Waals surface area contributed by atoms with Gasteiger partial charge in [-0.05, 0) is 24.6 Å². The minimum atomic E-state index is -0.377. The molecule has 0 radical (unpaired) electrons. The van der Waals surface area contributed by atoms with Gasteiger partial charge < -0.3 is 4.74 Å². The Hall–Kier alpha value is -2.40. The van der Waals surface area contributed by atoms with Gasteiger partial charge in [0.2, 0.25) is 5.88 Å². The number of hydroxylamine groups is 1. The molecule has 104 valence electrons. The topological polar surface area (TPSA) is 60.5 Å². The molecule has 5 nitrogen and oxygen atoms in total. The summed E-state index contributed by atoms with van der Waals surface area (Å²) in [4.78, 5) is 21.2. The molecule has 0 saturated carbocycles. The third kappa shape index (κ3) is 3.80. The molecule has 0 atom stereocenters. The monoisotopic (exact) mass is 272 g/mol. The molecular formula is C15H16N2O3. The molecule has 1 aromatic carbocycles. The quantitative estimate of drug-likeness (QED) is 0.820. The highest BCUT2D eigenvalue weighted by molar-refractivity contribution is 5.95. The van der Waals surface area contributed by atoms with E-state index in [4.69, 9.17) is 9.57 Å². The fourth-order valence-electron chi connectivity index (χ4n) is 1.63. The molecule has 0 saturated heterocycles. The third-order valence-corrected chi connectivity index (χ3v) is 2.54. The highest BCUT2D eigenvalue weighted by atomic mass is 16.6. The summed E-state index contributed by atoms with van der Waals surface area (Å²) in [6.07, 6.45) is 1.58. The van der Waals surface area contributed by atoms with Crippen molar-refractivity contribution in [2.75, 3.05) is 6.61 Å². The van der Waals surface area contributed by atoms with Gasteiger partial charge in [-0.15, -0.1) is 0 Å². The first-order valence-corrected chi connectivity index (χ1v) is 6.35. The Morgan fingerprint density at radius 1 is 1.20 bits per heavy atom.